The number of nitrogens with two attached hydrogens (primary N) is 1. The van der Waals surface area contributed by atoms with Crippen molar-refractivity contribution in [1.29, 1.82) is 0 Å². The normalized spacial score (nSPS) is 14.9. The van der Waals surface area contributed by atoms with Gasteiger partial charge in [0.1, 0.15) is 12.4 Å². The first-order chi connectivity index (χ1) is 11.6. The van der Waals surface area contributed by atoms with Gasteiger partial charge >= 0.3 is 0 Å². The van der Waals surface area contributed by atoms with Gasteiger partial charge in [0.05, 0.1) is 12.2 Å². The molecule has 0 spiro atoms. The van der Waals surface area contributed by atoms with Gasteiger partial charge in [0.25, 0.3) is 0 Å². The van der Waals surface area contributed by atoms with Crippen molar-refractivity contribution in [2.75, 3.05) is 23.8 Å². The molecule has 2 N–H and O–H groups in total. The lowest BCUT2D eigenvalue weighted by atomic mass is 9.86. The number of benzene rings is 2. The van der Waals surface area contributed by atoms with Crippen LogP contribution in [-0.4, -0.2) is 13.2 Å². The molecule has 0 aromatic heterocycles. The molecular weight excluding hydrogens is 308 g/mol. The second-order valence-electron chi connectivity index (χ2n) is 9.00. The molecule has 134 valence electrons. The fraction of sp³-hybridized carbons (Fsp3) is 0.455. The van der Waals surface area contributed by atoms with Crippen LogP contribution in [0, 0.1) is 0 Å². The Hall–Kier alpha value is -2.16. The van der Waals surface area contributed by atoms with Crippen LogP contribution in [0.5, 0.6) is 5.75 Å². The van der Waals surface area contributed by atoms with E-state index < -0.39 is 0 Å². The van der Waals surface area contributed by atoms with Gasteiger partial charge < -0.3 is 15.4 Å². The lowest BCUT2D eigenvalue weighted by molar-refractivity contribution is 0.313. The number of nitrogens with zero attached hydrogens (tertiary/aromatic N) is 1. The maximum atomic E-state index is 6.22. The molecule has 0 aliphatic carbocycles. The molecule has 0 saturated heterocycles. The van der Waals surface area contributed by atoms with Crippen LogP contribution in [0.25, 0.3) is 0 Å². The average Bonchev–Trinajstić information content (AvgIpc) is 2.51. The van der Waals surface area contributed by atoms with E-state index >= 15 is 0 Å². The Morgan fingerprint density at radius 1 is 0.880 bits per heavy atom. The van der Waals surface area contributed by atoms with Crippen LogP contribution in [0.15, 0.2) is 36.4 Å². The minimum absolute atomic E-state index is 0.0620. The molecule has 0 unspecified atom stereocenters. The van der Waals surface area contributed by atoms with E-state index in [9.17, 15) is 0 Å². The third kappa shape index (κ3) is 3.60. The highest BCUT2D eigenvalue weighted by molar-refractivity contribution is 5.74. The van der Waals surface area contributed by atoms with Gasteiger partial charge in [-0.05, 0) is 52.3 Å². The van der Waals surface area contributed by atoms with Crippen LogP contribution in [0.1, 0.15) is 52.7 Å². The maximum Gasteiger partial charge on any atom is 0.143 e. The highest BCUT2D eigenvalue weighted by Crippen LogP contribution is 2.41. The minimum atomic E-state index is 0.0620. The van der Waals surface area contributed by atoms with Crippen LogP contribution in [0.4, 0.5) is 17.1 Å². The highest BCUT2D eigenvalue weighted by atomic mass is 16.5. The molecule has 0 radical (unpaired) electrons. The maximum absolute atomic E-state index is 6.22. The zero-order chi connectivity index (χ0) is 18.4. The van der Waals surface area contributed by atoms with Crippen LogP contribution >= 0.6 is 0 Å². The van der Waals surface area contributed by atoms with E-state index in [2.05, 4.69) is 82.8 Å². The van der Waals surface area contributed by atoms with Crippen molar-refractivity contribution in [3.8, 4) is 5.75 Å². The molecule has 0 saturated carbocycles. The van der Waals surface area contributed by atoms with Gasteiger partial charge in [-0.2, -0.15) is 0 Å². The molecule has 0 amide bonds. The Labute approximate surface area is 151 Å². The van der Waals surface area contributed by atoms with E-state index in [0.29, 0.717) is 6.61 Å². The zero-order valence-corrected chi connectivity index (χ0v) is 16.3. The Balaban J connectivity index is 2.11. The van der Waals surface area contributed by atoms with Gasteiger partial charge in [-0.25, -0.2) is 0 Å². The van der Waals surface area contributed by atoms with Crippen molar-refractivity contribution >= 4 is 17.1 Å². The predicted molar refractivity (Wildman–Crippen MR) is 107 cm³/mol. The summed E-state index contributed by atoms with van der Waals surface area (Å²) in [5.41, 5.74) is 12.0. The van der Waals surface area contributed by atoms with Crippen molar-refractivity contribution < 1.29 is 4.74 Å². The molecule has 3 heteroatoms. The summed E-state index contributed by atoms with van der Waals surface area (Å²) in [6, 6.07) is 12.9. The van der Waals surface area contributed by atoms with Gasteiger partial charge in [-0.3, -0.25) is 0 Å². The number of nitrogen functional groups attached to an aromatic ring is 1. The minimum Gasteiger partial charge on any atom is -0.490 e. The topological polar surface area (TPSA) is 38.5 Å². The average molecular weight is 338 g/mol. The van der Waals surface area contributed by atoms with E-state index in [0.717, 1.165) is 29.4 Å². The number of hydrogen-bond acceptors (Lipinski definition) is 3. The standard InChI is InChI=1S/C22H30N2O/c1-21(2,3)15-7-8-20-19(13-15)24(9-10-25-20)18-12-16(22(4,5)6)11-17(23)14-18/h7-8,11-14H,9-10,23H2,1-6H3. The lowest BCUT2D eigenvalue weighted by Crippen LogP contribution is -2.29. The third-order valence-electron chi connectivity index (χ3n) is 4.81. The molecule has 3 rings (SSSR count). The van der Waals surface area contributed by atoms with Crippen molar-refractivity contribution in [3.63, 3.8) is 0 Å². The molecule has 0 atom stereocenters. The highest BCUT2D eigenvalue weighted by Gasteiger charge is 2.24. The SMILES string of the molecule is CC(C)(C)c1cc(N)cc(N2CCOc3ccc(C(C)(C)C)cc32)c1. The van der Waals surface area contributed by atoms with Crippen LogP contribution < -0.4 is 15.4 Å². The van der Waals surface area contributed by atoms with Gasteiger partial charge in [0, 0.05) is 11.4 Å². The summed E-state index contributed by atoms with van der Waals surface area (Å²) >= 11 is 0. The molecule has 2 aromatic carbocycles. The second kappa shape index (κ2) is 5.98. The van der Waals surface area contributed by atoms with E-state index in [1.165, 1.54) is 11.1 Å². The summed E-state index contributed by atoms with van der Waals surface area (Å²) < 4.78 is 5.90. The van der Waals surface area contributed by atoms with Crippen molar-refractivity contribution in [2.45, 2.75) is 52.4 Å². The zero-order valence-electron chi connectivity index (χ0n) is 16.3. The van der Waals surface area contributed by atoms with E-state index in [1.807, 2.05) is 0 Å². The Morgan fingerprint density at radius 3 is 2.20 bits per heavy atom. The van der Waals surface area contributed by atoms with E-state index in [1.54, 1.807) is 0 Å². The number of hydrogen-bond donors (Lipinski definition) is 1. The number of ether oxygens (including phenoxy) is 1. The van der Waals surface area contributed by atoms with Gasteiger partial charge in [-0.1, -0.05) is 47.6 Å². The Morgan fingerprint density at radius 2 is 1.56 bits per heavy atom. The lowest BCUT2D eigenvalue weighted by Gasteiger charge is -2.34. The first kappa shape index (κ1) is 17.7. The Kier molecular flexibility index (Phi) is 4.22. The molecule has 0 bridgehead atoms. The fourth-order valence-corrected chi connectivity index (χ4v) is 3.18. The summed E-state index contributed by atoms with van der Waals surface area (Å²) in [5, 5.41) is 0. The van der Waals surface area contributed by atoms with Crippen molar-refractivity contribution in [1.82, 2.24) is 0 Å². The van der Waals surface area contributed by atoms with Crippen molar-refractivity contribution in [2.24, 2.45) is 0 Å². The largest absolute Gasteiger partial charge is 0.490 e. The quantitative estimate of drug-likeness (QED) is 0.708. The van der Waals surface area contributed by atoms with Crippen LogP contribution in [0.2, 0.25) is 0 Å². The summed E-state index contributed by atoms with van der Waals surface area (Å²) in [7, 11) is 0. The molecule has 1 aliphatic heterocycles. The molecule has 25 heavy (non-hydrogen) atoms. The number of anilines is 3. The molecule has 1 aliphatic rings. The van der Waals surface area contributed by atoms with Gasteiger partial charge in [0.15, 0.2) is 0 Å². The van der Waals surface area contributed by atoms with Gasteiger partial charge in [0.2, 0.25) is 0 Å². The van der Waals surface area contributed by atoms with Crippen LogP contribution in [0.3, 0.4) is 0 Å². The molecule has 2 aromatic rings. The predicted octanol–water partition coefficient (Wildman–Crippen LogP) is 5.39. The molecule has 1 heterocycles. The summed E-state index contributed by atoms with van der Waals surface area (Å²) in [6.45, 7) is 14.9. The second-order valence-corrected chi connectivity index (χ2v) is 9.00. The smallest absolute Gasteiger partial charge is 0.143 e. The van der Waals surface area contributed by atoms with Gasteiger partial charge in [-0.15, -0.1) is 0 Å². The first-order valence-corrected chi connectivity index (χ1v) is 9.02. The molecule has 0 fully saturated rings. The van der Waals surface area contributed by atoms with Crippen molar-refractivity contribution in [3.05, 3.63) is 47.5 Å². The number of fused-ring (bicyclic) bond motifs is 1. The summed E-state index contributed by atoms with van der Waals surface area (Å²) in [4.78, 5) is 2.33. The molecule has 3 nitrogen and oxygen atoms in total. The number of rotatable bonds is 1. The molecular formula is C22H30N2O. The summed E-state index contributed by atoms with van der Waals surface area (Å²) in [6.07, 6.45) is 0. The third-order valence-corrected chi connectivity index (χ3v) is 4.81. The Bertz CT molecular complexity index is 782. The monoisotopic (exact) mass is 338 g/mol. The van der Waals surface area contributed by atoms with E-state index in [4.69, 9.17) is 10.5 Å². The first-order valence-electron chi connectivity index (χ1n) is 9.02. The fourth-order valence-electron chi connectivity index (χ4n) is 3.18. The summed E-state index contributed by atoms with van der Waals surface area (Å²) in [5.74, 6) is 0.944. The van der Waals surface area contributed by atoms with Crippen LogP contribution in [-0.2, 0) is 10.8 Å². The van der Waals surface area contributed by atoms with E-state index in [-0.39, 0.29) is 10.8 Å².